The lowest BCUT2D eigenvalue weighted by Gasteiger charge is -1.96. The number of hydrogen-bond donors (Lipinski definition) is 0. The first-order chi connectivity index (χ1) is 6.13. The van der Waals surface area contributed by atoms with Gasteiger partial charge in [0.05, 0.1) is 12.8 Å². The summed E-state index contributed by atoms with van der Waals surface area (Å²) in [5.74, 6) is -0.328. The summed E-state index contributed by atoms with van der Waals surface area (Å²) in [5.41, 5.74) is 1.30. The van der Waals surface area contributed by atoms with Gasteiger partial charge in [0.2, 0.25) is 0 Å². The summed E-state index contributed by atoms with van der Waals surface area (Å²) in [5, 5.41) is 4.10. The molecule has 1 rings (SSSR count). The van der Waals surface area contributed by atoms with Gasteiger partial charge in [-0.15, -0.1) is 0 Å². The minimum Gasteiger partial charge on any atom is -0.466 e. The van der Waals surface area contributed by atoms with Crippen LogP contribution in [0.3, 0.4) is 0 Å². The largest absolute Gasteiger partial charge is 0.466 e. The Bertz CT molecular complexity index is 339. The third kappa shape index (κ3) is 2.43. The first kappa shape index (κ1) is 9.51. The predicted octanol–water partition coefficient (Wildman–Crippen LogP) is 0.996. The summed E-state index contributed by atoms with van der Waals surface area (Å²) in [4.78, 5) is 11.0. The molecule has 0 fully saturated rings. The third-order valence-corrected chi connectivity index (χ3v) is 1.61. The molecule has 1 heterocycles. The zero-order chi connectivity index (χ0) is 9.84. The van der Waals surface area contributed by atoms with E-state index in [0.717, 1.165) is 5.69 Å². The van der Waals surface area contributed by atoms with Crippen LogP contribution in [0.25, 0.3) is 6.08 Å². The van der Waals surface area contributed by atoms with E-state index in [1.54, 1.807) is 17.7 Å². The summed E-state index contributed by atoms with van der Waals surface area (Å²) < 4.78 is 6.23. The maximum Gasteiger partial charge on any atom is 0.333 e. The van der Waals surface area contributed by atoms with Crippen LogP contribution in [-0.2, 0) is 16.6 Å². The molecular weight excluding hydrogens is 168 g/mol. The first-order valence-corrected chi connectivity index (χ1v) is 3.89. The standard InChI is InChI=1S/C9H12N2O2/c1-7(9(12)13-3)6-8-4-5-11(2)10-8/h4-6H,1-3H3/b7-6+. The van der Waals surface area contributed by atoms with Crippen LogP contribution in [0.2, 0.25) is 0 Å². The van der Waals surface area contributed by atoms with E-state index >= 15 is 0 Å². The monoisotopic (exact) mass is 180 g/mol. The van der Waals surface area contributed by atoms with Crippen molar-refractivity contribution in [3.05, 3.63) is 23.5 Å². The molecule has 0 saturated heterocycles. The Kier molecular flexibility index (Phi) is 2.84. The maximum atomic E-state index is 11.0. The molecule has 0 unspecified atom stereocenters. The van der Waals surface area contributed by atoms with Crippen molar-refractivity contribution in [2.24, 2.45) is 7.05 Å². The lowest BCUT2D eigenvalue weighted by Crippen LogP contribution is -2.01. The molecule has 1 aromatic heterocycles. The Hall–Kier alpha value is -1.58. The van der Waals surface area contributed by atoms with Crippen LogP contribution >= 0.6 is 0 Å². The molecule has 0 N–H and O–H groups in total. The lowest BCUT2D eigenvalue weighted by molar-refractivity contribution is -0.135. The van der Waals surface area contributed by atoms with Crippen molar-refractivity contribution < 1.29 is 9.53 Å². The van der Waals surface area contributed by atoms with E-state index in [4.69, 9.17) is 0 Å². The van der Waals surface area contributed by atoms with Crippen LogP contribution in [0.1, 0.15) is 12.6 Å². The van der Waals surface area contributed by atoms with Crippen molar-refractivity contribution in [3.63, 3.8) is 0 Å². The molecule has 0 aromatic carbocycles. The van der Waals surface area contributed by atoms with Crippen LogP contribution in [-0.4, -0.2) is 22.9 Å². The van der Waals surface area contributed by atoms with Crippen LogP contribution in [0, 0.1) is 0 Å². The molecular formula is C9H12N2O2. The Labute approximate surface area is 76.8 Å². The molecule has 4 nitrogen and oxygen atoms in total. The number of ether oxygens (including phenoxy) is 1. The number of methoxy groups -OCH3 is 1. The molecule has 0 saturated carbocycles. The average Bonchev–Trinajstić information content (AvgIpc) is 2.49. The highest BCUT2D eigenvalue weighted by Crippen LogP contribution is 2.04. The summed E-state index contributed by atoms with van der Waals surface area (Å²) in [6.45, 7) is 1.69. The van der Waals surface area contributed by atoms with Crippen molar-refractivity contribution in [2.45, 2.75) is 6.92 Å². The van der Waals surface area contributed by atoms with Gasteiger partial charge < -0.3 is 4.74 Å². The molecule has 0 bridgehead atoms. The fourth-order valence-corrected chi connectivity index (χ4v) is 0.952. The molecule has 1 aromatic rings. The highest BCUT2D eigenvalue weighted by molar-refractivity contribution is 5.92. The van der Waals surface area contributed by atoms with Crippen LogP contribution < -0.4 is 0 Å². The molecule has 0 atom stereocenters. The quantitative estimate of drug-likeness (QED) is 0.503. The number of esters is 1. The third-order valence-electron chi connectivity index (χ3n) is 1.61. The van der Waals surface area contributed by atoms with E-state index in [2.05, 4.69) is 9.84 Å². The number of aryl methyl sites for hydroxylation is 1. The highest BCUT2D eigenvalue weighted by atomic mass is 16.5. The Balaban J connectivity index is 2.82. The summed E-state index contributed by atoms with van der Waals surface area (Å²) in [7, 11) is 3.18. The molecule has 0 amide bonds. The lowest BCUT2D eigenvalue weighted by atomic mass is 10.2. The van der Waals surface area contributed by atoms with E-state index in [-0.39, 0.29) is 5.97 Å². The normalized spacial score (nSPS) is 11.5. The van der Waals surface area contributed by atoms with Crippen LogP contribution in [0.15, 0.2) is 17.8 Å². The van der Waals surface area contributed by atoms with Gasteiger partial charge in [0.1, 0.15) is 0 Å². The van der Waals surface area contributed by atoms with E-state index < -0.39 is 0 Å². The number of carbonyl (C=O) groups is 1. The fourth-order valence-electron chi connectivity index (χ4n) is 0.952. The minimum atomic E-state index is -0.328. The van der Waals surface area contributed by atoms with Crippen molar-refractivity contribution in [1.82, 2.24) is 9.78 Å². The van der Waals surface area contributed by atoms with Gasteiger partial charge >= 0.3 is 5.97 Å². The van der Waals surface area contributed by atoms with Crippen molar-refractivity contribution in [1.29, 1.82) is 0 Å². The van der Waals surface area contributed by atoms with Crippen molar-refractivity contribution in [3.8, 4) is 0 Å². The number of carbonyl (C=O) groups excluding carboxylic acids is 1. The van der Waals surface area contributed by atoms with Gasteiger partial charge in [-0.25, -0.2) is 4.79 Å². The number of nitrogens with zero attached hydrogens (tertiary/aromatic N) is 2. The van der Waals surface area contributed by atoms with Gasteiger partial charge in [0.15, 0.2) is 0 Å². The fraction of sp³-hybridized carbons (Fsp3) is 0.333. The predicted molar refractivity (Wildman–Crippen MR) is 48.9 cm³/mol. The summed E-state index contributed by atoms with van der Waals surface area (Å²) in [6, 6.07) is 1.83. The van der Waals surface area contributed by atoms with Gasteiger partial charge in [0, 0.05) is 18.8 Å². The second-order valence-corrected chi connectivity index (χ2v) is 2.73. The molecule has 0 aliphatic heterocycles. The molecule has 0 aliphatic rings. The second-order valence-electron chi connectivity index (χ2n) is 2.73. The van der Waals surface area contributed by atoms with Crippen molar-refractivity contribution in [2.75, 3.05) is 7.11 Å². The topological polar surface area (TPSA) is 44.1 Å². The van der Waals surface area contributed by atoms with Crippen LogP contribution in [0.4, 0.5) is 0 Å². The van der Waals surface area contributed by atoms with Gasteiger partial charge in [-0.05, 0) is 19.1 Å². The van der Waals surface area contributed by atoms with Crippen LogP contribution in [0.5, 0.6) is 0 Å². The minimum absolute atomic E-state index is 0.328. The average molecular weight is 180 g/mol. The first-order valence-electron chi connectivity index (χ1n) is 3.89. The van der Waals surface area contributed by atoms with Gasteiger partial charge in [-0.3, -0.25) is 4.68 Å². The molecule has 0 spiro atoms. The van der Waals surface area contributed by atoms with E-state index in [9.17, 15) is 4.79 Å². The summed E-state index contributed by atoms with van der Waals surface area (Å²) in [6.07, 6.45) is 3.50. The Morgan fingerprint density at radius 2 is 2.38 bits per heavy atom. The molecule has 70 valence electrons. The Morgan fingerprint density at radius 1 is 1.69 bits per heavy atom. The highest BCUT2D eigenvalue weighted by Gasteiger charge is 2.03. The Morgan fingerprint density at radius 3 is 2.85 bits per heavy atom. The molecule has 0 aliphatic carbocycles. The number of hydrogen-bond acceptors (Lipinski definition) is 3. The van der Waals surface area contributed by atoms with Gasteiger partial charge in [-0.2, -0.15) is 5.10 Å². The van der Waals surface area contributed by atoms with Gasteiger partial charge in [-0.1, -0.05) is 0 Å². The molecule has 0 radical (unpaired) electrons. The maximum absolute atomic E-state index is 11.0. The van der Waals surface area contributed by atoms with E-state index in [0.29, 0.717) is 5.57 Å². The number of rotatable bonds is 2. The smallest absolute Gasteiger partial charge is 0.333 e. The zero-order valence-corrected chi connectivity index (χ0v) is 7.94. The second kappa shape index (κ2) is 3.89. The molecule has 13 heavy (non-hydrogen) atoms. The van der Waals surface area contributed by atoms with Gasteiger partial charge in [0.25, 0.3) is 0 Å². The SMILES string of the molecule is COC(=O)/C(C)=C/c1ccn(C)n1. The van der Waals surface area contributed by atoms with Crippen molar-refractivity contribution >= 4 is 12.0 Å². The van der Waals surface area contributed by atoms with E-state index in [1.165, 1.54) is 7.11 Å². The molecule has 4 heteroatoms. The number of aromatic nitrogens is 2. The van der Waals surface area contributed by atoms with E-state index in [1.807, 2.05) is 19.3 Å². The zero-order valence-electron chi connectivity index (χ0n) is 7.94. The summed E-state index contributed by atoms with van der Waals surface area (Å²) >= 11 is 0.